The van der Waals surface area contributed by atoms with Crippen LogP contribution in [0.5, 0.6) is 11.5 Å². The molecule has 0 radical (unpaired) electrons. The van der Waals surface area contributed by atoms with Gasteiger partial charge in [0.15, 0.2) is 11.5 Å². The maximum atomic E-state index is 13.8. The van der Waals surface area contributed by atoms with Crippen LogP contribution in [0, 0.1) is 6.92 Å². The molecule has 6 rings (SSSR count). The van der Waals surface area contributed by atoms with Gasteiger partial charge in [0.2, 0.25) is 18.6 Å². The SMILES string of the molecule is COCCNC(=O)CN1C(=O)CS[C@H](c2ccc3c(c2)OCO3)c2c(-c3ccccc3)nn(-c3ccccc3C)c21. The van der Waals surface area contributed by atoms with Gasteiger partial charge in [-0.1, -0.05) is 54.6 Å². The Labute approximate surface area is 242 Å². The summed E-state index contributed by atoms with van der Waals surface area (Å²) in [5, 5.41) is 7.74. The van der Waals surface area contributed by atoms with E-state index in [1.165, 1.54) is 11.8 Å². The summed E-state index contributed by atoms with van der Waals surface area (Å²) in [6.07, 6.45) is 0. The number of para-hydroxylation sites is 1. The van der Waals surface area contributed by atoms with Crippen molar-refractivity contribution in [2.45, 2.75) is 12.2 Å². The average molecular weight is 571 g/mol. The molecular formula is C31H30N4O5S. The summed E-state index contributed by atoms with van der Waals surface area (Å²) in [4.78, 5) is 28.5. The van der Waals surface area contributed by atoms with E-state index in [4.69, 9.17) is 19.3 Å². The van der Waals surface area contributed by atoms with E-state index in [1.807, 2.05) is 84.4 Å². The maximum absolute atomic E-state index is 13.8. The lowest BCUT2D eigenvalue weighted by Gasteiger charge is -2.23. The number of thioether (sulfide) groups is 1. The molecule has 9 nitrogen and oxygen atoms in total. The van der Waals surface area contributed by atoms with Crippen LogP contribution < -0.4 is 19.7 Å². The van der Waals surface area contributed by atoms with Crippen molar-refractivity contribution in [3.8, 4) is 28.4 Å². The van der Waals surface area contributed by atoms with Gasteiger partial charge in [-0.3, -0.25) is 14.5 Å². The zero-order valence-corrected chi connectivity index (χ0v) is 23.6. The topological polar surface area (TPSA) is 94.9 Å². The molecule has 3 aromatic carbocycles. The third-order valence-corrected chi connectivity index (χ3v) is 8.36. The van der Waals surface area contributed by atoms with Gasteiger partial charge in [0, 0.05) is 24.8 Å². The van der Waals surface area contributed by atoms with E-state index in [0.717, 1.165) is 33.6 Å². The molecule has 2 aliphatic rings. The average Bonchev–Trinajstić information content (AvgIpc) is 3.59. The second kappa shape index (κ2) is 11.7. The van der Waals surface area contributed by atoms with E-state index in [2.05, 4.69) is 5.32 Å². The van der Waals surface area contributed by atoms with Crippen LogP contribution in [0.3, 0.4) is 0 Å². The van der Waals surface area contributed by atoms with E-state index < -0.39 is 0 Å². The Morgan fingerprint density at radius 2 is 1.85 bits per heavy atom. The van der Waals surface area contributed by atoms with Crippen LogP contribution >= 0.6 is 11.8 Å². The molecule has 0 spiro atoms. The van der Waals surface area contributed by atoms with Crippen LogP contribution in [0.4, 0.5) is 5.82 Å². The van der Waals surface area contributed by atoms with E-state index in [9.17, 15) is 9.59 Å². The molecule has 0 bridgehead atoms. The lowest BCUT2D eigenvalue weighted by atomic mass is 9.99. The van der Waals surface area contributed by atoms with Crippen molar-refractivity contribution in [2.24, 2.45) is 0 Å². The fraction of sp³-hybridized carbons (Fsp3) is 0.258. The molecule has 2 amide bonds. The highest BCUT2D eigenvalue weighted by Gasteiger charge is 2.38. The number of carbonyl (C=O) groups is 2. The van der Waals surface area contributed by atoms with E-state index in [1.54, 1.807) is 12.0 Å². The van der Waals surface area contributed by atoms with Gasteiger partial charge in [-0.15, -0.1) is 11.8 Å². The van der Waals surface area contributed by atoms with Crippen molar-refractivity contribution in [1.29, 1.82) is 0 Å². The van der Waals surface area contributed by atoms with E-state index >= 15 is 0 Å². The molecule has 1 atom stereocenters. The standard InChI is InChI=1S/C31H30N4O5S/c1-20-8-6-7-11-23(20)35-31-28(29(33-35)21-9-4-3-5-10-21)30(22-12-13-24-25(16-22)40-19-39-24)41-18-27(37)34(31)17-26(36)32-14-15-38-2/h3-13,16,30H,14-15,17-19H2,1-2H3,(H,32,36)/t30-/m1/s1. The number of rotatable bonds is 8. The summed E-state index contributed by atoms with van der Waals surface area (Å²) in [6.45, 7) is 2.77. The number of ether oxygens (including phenoxy) is 3. The first kappa shape index (κ1) is 26.9. The molecule has 3 heterocycles. The Bertz CT molecular complexity index is 1590. The van der Waals surface area contributed by atoms with Gasteiger partial charge in [-0.2, -0.15) is 5.10 Å². The number of aromatic nitrogens is 2. The molecule has 10 heteroatoms. The number of fused-ring (bicyclic) bond motifs is 2. The maximum Gasteiger partial charge on any atom is 0.240 e. The predicted molar refractivity (Wildman–Crippen MR) is 158 cm³/mol. The predicted octanol–water partition coefficient (Wildman–Crippen LogP) is 4.51. The fourth-order valence-corrected chi connectivity index (χ4v) is 6.32. The lowest BCUT2D eigenvalue weighted by Crippen LogP contribution is -2.43. The van der Waals surface area contributed by atoms with Gasteiger partial charge in [-0.05, 0) is 36.2 Å². The molecule has 0 saturated heterocycles. The van der Waals surface area contributed by atoms with Crippen LogP contribution in [0.1, 0.15) is 21.9 Å². The fourth-order valence-electron chi connectivity index (χ4n) is 5.13. The lowest BCUT2D eigenvalue weighted by molar-refractivity contribution is -0.123. The summed E-state index contributed by atoms with van der Waals surface area (Å²) in [7, 11) is 1.58. The number of nitrogens with one attached hydrogen (secondary N) is 1. The first-order valence-electron chi connectivity index (χ1n) is 13.4. The van der Waals surface area contributed by atoms with Gasteiger partial charge in [0.1, 0.15) is 12.4 Å². The minimum Gasteiger partial charge on any atom is -0.454 e. The van der Waals surface area contributed by atoms with E-state index in [-0.39, 0.29) is 36.2 Å². The summed E-state index contributed by atoms with van der Waals surface area (Å²) >= 11 is 1.51. The smallest absolute Gasteiger partial charge is 0.240 e. The second-order valence-corrected chi connectivity index (χ2v) is 10.9. The van der Waals surface area contributed by atoms with Gasteiger partial charge >= 0.3 is 0 Å². The summed E-state index contributed by atoms with van der Waals surface area (Å²) in [6, 6.07) is 23.7. The number of benzene rings is 3. The number of carbonyl (C=O) groups excluding carboxylic acids is 2. The van der Waals surface area contributed by atoms with Crippen molar-refractivity contribution in [2.75, 3.05) is 44.3 Å². The van der Waals surface area contributed by atoms with Crippen molar-refractivity contribution in [3.05, 3.63) is 89.5 Å². The number of amides is 2. The molecule has 0 unspecified atom stereocenters. The number of hydrogen-bond donors (Lipinski definition) is 1. The van der Waals surface area contributed by atoms with Crippen LogP contribution in [0.25, 0.3) is 16.9 Å². The number of aryl methyl sites for hydroxylation is 1. The molecule has 2 aliphatic heterocycles. The monoisotopic (exact) mass is 570 g/mol. The molecule has 0 fully saturated rings. The number of methoxy groups -OCH3 is 1. The first-order valence-corrected chi connectivity index (χ1v) is 14.4. The molecule has 1 N–H and O–H groups in total. The largest absolute Gasteiger partial charge is 0.454 e. The Morgan fingerprint density at radius 3 is 2.66 bits per heavy atom. The Balaban J connectivity index is 1.58. The summed E-state index contributed by atoms with van der Waals surface area (Å²) in [5.74, 6) is 1.68. The van der Waals surface area contributed by atoms with Crippen molar-refractivity contribution in [3.63, 3.8) is 0 Å². The highest BCUT2D eigenvalue weighted by Crippen LogP contribution is 2.50. The molecular weight excluding hydrogens is 540 g/mol. The zero-order chi connectivity index (χ0) is 28.3. The van der Waals surface area contributed by atoms with E-state index in [0.29, 0.717) is 30.5 Å². The van der Waals surface area contributed by atoms with Crippen LogP contribution in [0.15, 0.2) is 72.8 Å². The summed E-state index contributed by atoms with van der Waals surface area (Å²) < 4.78 is 18.2. The summed E-state index contributed by atoms with van der Waals surface area (Å²) in [5.41, 5.74) is 5.31. The highest BCUT2D eigenvalue weighted by molar-refractivity contribution is 8.00. The minimum absolute atomic E-state index is 0.143. The van der Waals surface area contributed by atoms with Crippen molar-refractivity contribution >= 4 is 29.4 Å². The molecule has 4 aromatic rings. The van der Waals surface area contributed by atoms with Gasteiger partial charge < -0.3 is 19.5 Å². The Morgan fingerprint density at radius 1 is 1.07 bits per heavy atom. The Kier molecular flexibility index (Phi) is 7.67. The molecule has 41 heavy (non-hydrogen) atoms. The van der Waals surface area contributed by atoms with Gasteiger partial charge in [-0.25, -0.2) is 4.68 Å². The van der Waals surface area contributed by atoms with Crippen LogP contribution in [-0.4, -0.2) is 60.9 Å². The minimum atomic E-state index is -0.272. The zero-order valence-electron chi connectivity index (χ0n) is 22.8. The van der Waals surface area contributed by atoms with Crippen molar-refractivity contribution < 1.29 is 23.8 Å². The van der Waals surface area contributed by atoms with Gasteiger partial charge in [0.05, 0.1) is 29.0 Å². The van der Waals surface area contributed by atoms with Gasteiger partial charge in [0.25, 0.3) is 0 Å². The number of anilines is 1. The molecule has 1 aromatic heterocycles. The van der Waals surface area contributed by atoms with Crippen LogP contribution in [-0.2, 0) is 14.3 Å². The second-order valence-electron chi connectivity index (χ2n) is 9.78. The number of nitrogens with zero attached hydrogens (tertiary/aromatic N) is 3. The quantitative estimate of drug-likeness (QED) is 0.312. The highest BCUT2D eigenvalue weighted by atomic mass is 32.2. The van der Waals surface area contributed by atoms with Crippen molar-refractivity contribution in [1.82, 2.24) is 15.1 Å². The third-order valence-electron chi connectivity index (χ3n) is 7.11. The molecule has 0 aliphatic carbocycles. The van der Waals surface area contributed by atoms with Crippen LogP contribution in [0.2, 0.25) is 0 Å². The molecule has 0 saturated carbocycles. The normalized spacial score (nSPS) is 15.9. The molecule has 210 valence electrons. The number of hydrogen-bond acceptors (Lipinski definition) is 7. The Hall–Kier alpha value is -4.28. The third kappa shape index (κ3) is 5.28. The first-order chi connectivity index (χ1) is 20.0.